The van der Waals surface area contributed by atoms with Gasteiger partial charge in [-0.1, -0.05) is 29.8 Å². The maximum absolute atomic E-state index is 12.4. The van der Waals surface area contributed by atoms with Crippen molar-refractivity contribution in [3.63, 3.8) is 0 Å². The van der Waals surface area contributed by atoms with Crippen molar-refractivity contribution in [1.29, 1.82) is 0 Å². The lowest BCUT2D eigenvalue weighted by atomic mass is 10.2. The zero-order chi connectivity index (χ0) is 21.6. The molecular formula is C23H17ClN2O4S. The number of ether oxygens (including phenoxy) is 2. The highest BCUT2D eigenvalue weighted by molar-refractivity contribution is 8.14. The van der Waals surface area contributed by atoms with Crippen LogP contribution in [0.1, 0.15) is 15.9 Å². The molecule has 0 saturated carbocycles. The lowest BCUT2D eigenvalue weighted by Crippen LogP contribution is -1.95. The molecule has 0 unspecified atom stereocenters. The molecule has 31 heavy (non-hydrogen) atoms. The van der Waals surface area contributed by atoms with Crippen LogP contribution in [0.5, 0.6) is 11.5 Å². The SMILES string of the molecule is COc1ccc(C(=O)Sc2nnc(-c3ccc(OCc4ccccc4Cl)cc3)o2)cc1. The number of aromatic nitrogens is 2. The van der Waals surface area contributed by atoms with Crippen LogP contribution in [0.2, 0.25) is 5.02 Å². The van der Waals surface area contributed by atoms with Crippen molar-refractivity contribution in [2.45, 2.75) is 11.8 Å². The summed E-state index contributed by atoms with van der Waals surface area (Å²) in [5.41, 5.74) is 2.15. The summed E-state index contributed by atoms with van der Waals surface area (Å²) in [6, 6.07) is 21.6. The fraction of sp³-hybridized carbons (Fsp3) is 0.0870. The van der Waals surface area contributed by atoms with Crippen molar-refractivity contribution in [1.82, 2.24) is 10.2 Å². The summed E-state index contributed by atoms with van der Waals surface area (Å²) in [6.07, 6.45) is 0. The lowest BCUT2D eigenvalue weighted by molar-refractivity contribution is 0.108. The van der Waals surface area contributed by atoms with Crippen LogP contribution in [0, 0.1) is 0 Å². The van der Waals surface area contributed by atoms with E-state index in [4.69, 9.17) is 25.5 Å². The Balaban J connectivity index is 1.38. The highest BCUT2D eigenvalue weighted by Crippen LogP contribution is 2.28. The zero-order valence-electron chi connectivity index (χ0n) is 16.4. The van der Waals surface area contributed by atoms with Gasteiger partial charge in [0, 0.05) is 33.5 Å². The fourth-order valence-electron chi connectivity index (χ4n) is 2.70. The van der Waals surface area contributed by atoms with E-state index in [1.54, 1.807) is 31.4 Å². The molecule has 1 aromatic heterocycles. The van der Waals surface area contributed by atoms with Crippen LogP contribution in [0.3, 0.4) is 0 Å². The maximum atomic E-state index is 12.4. The molecule has 0 atom stereocenters. The molecule has 0 bridgehead atoms. The van der Waals surface area contributed by atoms with Crippen LogP contribution in [0.25, 0.3) is 11.5 Å². The van der Waals surface area contributed by atoms with Gasteiger partial charge in [0.2, 0.25) is 11.0 Å². The van der Waals surface area contributed by atoms with E-state index in [9.17, 15) is 4.79 Å². The van der Waals surface area contributed by atoms with Gasteiger partial charge >= 0.3 is 0 Å². The minimum atomic E-state index is -0.193. The number of benzene rings is 3. The van der Waals surface area contributed by atoms with E-state index >= 15 is 0 Å². The van der Waals surface area contributed by atoms with Crippen LogP contribution in [0.15, 0.2) is 82.4 Å². The average molecular weight is 453 g/mol. The van der Waals surface area contributed by atoms with E-state index in [2.05, 4.69) is 10.2 Å². The molecule has 4 rings (SSSR count). The number of methoxy groups -OCH3 is 1. The van der Waals surface area contributed by atoms with Crippen LogP contribution in [-0.4, -0.2) is 22.4 Å². The number of carbonyl (C=O) groups is 1. The number of nitrogens with zero attached hydrogens (tertiary/aromatic N) is 2. The first-order valence-electron chi connectivity index (χ1n) is 9.29. The molecule has 0 aliphatic heterocycles. The Kier molecular flexibility index (Phi) is 6.54. The van der Waals surface area contributed by atoms with Crippen LogP contribution in [-0.2, 0) is 6.61 Å². The number of hydrogen-bond acceptors (Lipinski definition) is 7. The molecular weight excluding hydrogens is 436 g/mol. The van der Waals surface area contributed by atoms with Gasteiger partial charge in [-0.15, -0.1) is 10.2 Å². The molecule has 1 heterocycles. The van der Waals surface area contributed by atoms with Gasteiger partial charge < -0.3 is 13.9 Å². The Hall–Kier alpha value is -3.29. The molecule has 4 aromatic rings. The van der Waals surface area contributed by atoms with Gasteiger partial charge in [0.25, 0.3) is 5.22 Å². The van der Waals surface area contributed by atoms with E-state index in [1.807, 2.05) is 48.5 Å². The summed E-state index contributed by atoms with van der Waals surface area (Å²) >= 11 is 7.03. The third-order valence-electron chi connectivity index (χ3n) is 4.37. The van der Waals surface area contributed by atoms with Crippen molar-refractivity contribution in [2.75, 3.05) is 7.11 Å². The van der Waals surface area contributed by atoms with Gasteiger partial charge in [0.1, 0.15) is 18.1 Å². The topological polar surface area (TPSA) is 74.5 Å². The van der Waals surface area contributed by atoms with Gasteiger partial charge in [-0.3, -0.25) is 4.79 Å². The van der Waals surface area contributed by atoms with Gasteiger partial charge in [-0.05, 0) is 54.6 Å². The highest BCUT2D eigenvalue weighted by Gasteiger charge is 2.15. The van der Waals surface area contributed by atoms with Crippen LogP contribution < -0.4 is 9.47 Å². The monoisotopic (exact) mass is 452 g/mol. The van der Waals surface area contributed by atoms with Crippen molar-refractivity contribution < 1.29 is 18.7 Å². The standard InChI is InChI=1S/C23H17ClN2O4S/c1-28-18-10-8-16(9-11-18)22(27)31-23-26-25-21(30-23)15-6-12-19(13-7-15)29-14-17-4-2-3-5-20(17)24/h2-13H,14H2,1H3. The molecule has 0 amide bonds. The highest BCUT2D eigenvalue weighted by atomic mass is 35.5. The van der Waals surface area contributed by atoms with Crippen molar-refractivity contribution in [3.8, 4) is 23.0 Å². The van der Waals surface area contributed by atoms with Gasteiger partial charge in [0.05, 0.1) is 7.11 Å². The molecule has 0 spiro atoms. The summed E-state index contributed by atoms with van der Waals surface area (Å²) in [5, 5.41) is 8.63. The summed E-state index contributed by atoms with van der Waals surface area (Å²) in [7, 11) is 1.57. The third kappa shape index (κ3) is 5.25. The number of halogens is 1. The van der Waals surface area contributed by atoms with Gasteiger partial charge in [0.15, 0.2) is 0 Å². The number of carbonyl (C=O) groups excluding carboxylic acids is 1. The molecule has 6 nitrogen and oxygen atoms in total. The summed E-state index contributed by atoms with van der Waals surface area (Å²) in [4.78, 5) is 12.4. The quantitative estimate of drug-likeness (QED) is 0.322. The number of hydrogen-bond donors (Lipinski definition) is 0. The maximum Gasteiger partial charge on any atom is 0.284 e. The Morgan fingerprint density at radius 2 is 1.68 bits per heavy atom. The van der Waals surface area contributed by atoms with Crippen molar-refractivity contribution >= 4 is 28.5 Å². The minimum Gasteiger partial charge on any atom is -0.497 e. The van der Waals surface area contributed by atoms with E-state index in [0.717, 1.165) is 22.9 Å². The molecule has 0 aliphatic carbocycles. The Morgan fingerprint density at radius 1 is 0.968 bits per heavy atom. The van der Waals surface area contributed by atoms with E-state index in [1.165, 1.54) is 0 Å². The minimum absolute atomic E-state index is 0.176. The molecule has 0 fully saturated rings. The predicted molar refractivity (Wildman–Crippen MR) is 119 cm³/mol. The molecule has 156 valence electrons. The third-order valence-corrected chi connectivity index (χ3v) is 5.50. The predicted octanol–water partition coefficient (Wildman–Crippen LogP) is 5.91. The first-order chi connectivity index (χ1) is 15.1. The molecule has 0 saturated heterocycles. The normalized spacial score (nSPS) is 10.6. The largest absolute Gasteiger partial charge is 0.497 e. The Bertz CT molecular complexity index is 1180. The van der Waals surface area contributed by atoms with Crippen LogP contribution >= 0.6 is 23.4 Å². The molecule has 0 N–H and O–H groups in total. The zero-order valence-corrected chi connectivity index (χ0v) is 18.0. The van der Waals surface area contributed by atoms with Crippen LogP contribution in [0.4, 0.5) is 0 Å². The molecule has 0 aliphatic rings. The first-order valence-corrected chi connectivity index (χ1v) is 10.5. The average Bonchev–Trinajstić information content (AvgIpc) is 3.27. The summed E-state index contributed by atoms with van der Waals surface area (Å²) in [5.74, 6) is 1.69. The lowest BCUT2D eigenvalue weighted by Gasteiger charge is -2.07. The van der Waals surface area contributed by atoms with E-state index in [0.29, 0.717) is 34.6 Å². The summed E-state index contributed by atoms with van der Waals surface area (Å²) < 4.78 is 16.5. The molecule has 3 aromatic carbocycles. The molecule has 0 radical (unpaired) electrons. The smallest absolute Gasteiger partial charge is 0.284 e. The fourth-order valence-corrected chi connectivity index (χ4v) is 3.51. The van der Waals surface area contributed by atoms with E-state index < -0.39 is 0 Å². The van der Waals surface area contributed by atoms with Crippen molar-refractivity contribution in [3.05, 3.63) is 88.9 Å². The second-order valence-corrected chi connectivity index (χ2v) is 7.73. The Morgan fingerprint density at radius 3 is 2.39 bits per heavy atom. The number of rotatable bonds is 7. The van der Waals surface area contributed by atoms with Gasteiger partial charge in [-0.25, -0.2) is 0 Å². The Labute approximate surface area is 188 Å². The second-order valence-electron chi connectivity index (χ2n) is 6.40. The first kappa shape index (κ1) is 21.0. The second kappa shape index (κ2) is 9.68. The van der Waals surface area contributed by atoms with Gasteiger partial charge in [-0.2, -0.15) is 0 Å². The summed E-state index contributed by atoms with van der Waals surface area (Å²) in [6.45, 7) is 0.369. The van der Waals surface area contributed by atoms with Crippen molar-refractivity contribution in [2.24, 2.45) is 0 Å². The molecule has 8 heteroatoms. The van der Waals surface area contributed by atoms with E-state index in [-0.39, 0.29) is 10.3 Å². The number of thioether (sulfide) groups is 1.